The van der Waals surface area contributed by atoms with Gasteiger partial charge in [-0.25, -0.2) is 4.39 Å². The first kappa shape index (κ1) is 12.2. The summed E-state index contributed by atoms with van der Waals surface area (Å²) in [5.74, 6) is 0.0148. The number of hydrogen-bond donors (Lipinski definition) is 1. The van der Waals surface area contributed by atoms with Crippen LogP contribution >= 0.6 is 0 Å². The normalized spacial score (nSPS) is 14.0. The number of nitrogens with one attached hydrogen (secondary N) is 1. The van der Waals surface area contributed by atoms with E-state index in [2.05, 4.69) is 11.4 Å². The smallest absolute Gasteiger partial charge is 0.172 e. The summed E-state index contributed by atoms with van der Waals surface area (Å²) in [7, 11) is 1.49. The van der Waals surface area contributed by atoms with Crippen LogP contribution in [0.5, 0.6) is 5.75 Å². The van der Waals surface area contributed by atoms with E-state index in [0.717, 1.165) is 25.1 Å². The van der Waals surface area contributed by atoms with Crippen LogP contribution in [0.1, 0.15) is 11.1 Å². The molecule has 0 saturated carbocycles. The summed E-state index contributed by atoms with van der Waals surface area (Å²) >= 11 is 0. The van der Waals surface area contributed by atoms with Gasteiger partial charge in [0.25, 0.3) is 0 Å². The number of methoxy groups -OCH3 is 1. The van der Waals surface area contributed by atoms with Gasteiger partial charge in [-0.05, 0) is 35.7 Å². The van der Waals surface area contributed by atoms with E-state index in [9.17, 15) is 4.39 Å². The first-order valence-electron chi connectivity index (χ1n) is 6.45. The van der Waals surface area contributed by atoms with Gasteiger partial charge in [-0.2, -0.15) is 0 Å². The van der Waals surface area contributed by atoms with Crippen LogP contribution < -0.4 is 10.1 Å². The van der Waals surface area contributed by atoms with E-state index in [0.29, 0.717) is 11.3 Å². The van der Waals surface area contributed by atoms with E-state index in [4.69, 9.17) is 4.74 Å². The largest absolute Gasteiger partial charge is 0.494 e. The van der Waals surface area contributed by atoms with Gasteiger partial charge in [-0.15, -0.1) is 0 Å². The van der Waals surface area contributed by atoms with Crippen LogP contribution in [0.25, 0.3) is 11.1 Å². The van der Waals surface area contributed by atoms with Crippen molar-refractivity contribution >= 4 is 0 Å². The average molecular weight is 257 g/mol. The van der Waals surface area contributed by atoms with Gasteiger partial charge < -0.3 is 10.1 Å². The van der Waals surface area contributed by atoms with Crippen LogP contribution in [0, 0.1) is 5.82 Å². The van der Waals surface area contributed by atoms with Gasteiger partial charge in [0.2, 0.25) is 0 Å². The van der Waals surface area contributed by atoms with E-state index < -0.39 is 0 Å². The molecule has 1 heterocycles. The third-order valence-corrected chi connectivity index (χ3v) is 3.61. The van der Waals surface area contributed by atoms with Gasteiger partial charge in [0.05, 0.1) is 7.11 Å². The van der Waals surface area contributed by atoms with E-state index >= 15 is 0 Å². The zero-order valence-corrected chi connectivity index (χ0v) is 10.9. The van der Waals surface area contributed by atoms with Gasteiger partial charge >= 0.3 is 0 Å². The topological polar surface area (TPSA) is 21.3 Å². The fourth-order valence-corrected chi connectivity index (χ4v) is 2.66. The average Bonchev–Trinajstić information content (AvgIpc) is 2.47. The highest BCUT2D eigenvalue weighted by Crippen LogP contribution is 2.33. The first-order valence-corrected chi connectivity index (χ1v) is 6.45. The third-order valence-electron chi connectivity index (χ3n) is 3.61. The van der Waals surface area contributed by atoms with Gasteiger partial charge in [0, 0.05) is 12.1 Å². The monoisotopic (exact) mass is 257 g/mol. The highest BCUT2D eigenvalue weighted by Gasteiger charge is 2.17. The molecular formula is C16H16FNO. The minimum atomic E-state index is -0.281. The molecule has 0 bridgehead atoms. The number of fused-ring (bicyclic) bond motifs is 1. The Morgan fingerprint density at radius 2 is 1.89 bits per heavy atom. The molecule has 2 aromatic carbocycles. The van der Waals surface area contributed by atoms with Crippen molar-refractivity contribution in [2.75, 3.05) is 13.7 Å². The quantitative estimate of drug-likeness (QED) is 0.892. The molecule has 0 aromatic heterocycles. The van der Waals surface area contributed by atoms with E-state index in [-0.39, 0.29) is 5.82 Å². The van der Waals surface area contributed by atoms with Crippen molar-refractivity contribution in [1.29, 1.82) is 0 Å². The molecule has 0 unspecified atom stereocenters. The highest BCUT2D eigenvalue weighted by molar-refractivity contribution is 5.71. The Morgan fingerprint density at radius 1 is 1.11 bits per heavy atom. The van der Waals surface area contributed by atoms with Crippen molar-refractivity contribution in [1.82, 2.24) is 5.32 Å². The Labute approximate surface area is 112 Å². The minimum Gasteiger partial charge on any atom is -0.494 e. The van der Waals surface area contributed by atoms with Crippen LogP contribution in [0.15, 0.2) is 36.4 Å². The number of hydrogen-bond acceptors (Lipinski definition) is 2. The first-order chi connectivity index (χ1) is 9.31. The van der Waals surface area contributed by atoms with E-state index in [1.54, 1.807) is 6.07 Å². The number of ether oxygens (including phenoxy) is 1. The van der Waals surface area contributed by atoms with Crippen molar-refractivity contribution in [3.63, 3.8) is 0 Å². The van der Waals surface area contributed by atoms with Crippen molar-refractivity contribution in [3.8, 4) is 16.9 Å². The van der Waals surface area contributed by atoms with Gasteiger partial charge in [-0.1, -0.05) is 30.3 Å². The molecule has 19 heavy (non-hydrogen) atoms. The lowest BCUT2D eigenvalue weighted by atomic mass is 9.91. The summed E-state index contributed by atoms with van der Waals surface area (Å²) in [6, 6.07) is 11.4. The Balaban J connectivity index is 2.17. The molecule has 1 N–H and O–H groups in total. The zero-order valence-electron chi connectivity index (χ0n) is 10.9. The Morgan fingerprint density at radius 3 is 2.74 bits per heavy atom. The number of rotatable bonds is 2. The molecule has 2 nitrogen and oxygen atoms in total. The molecule has 0 fully saturated rings. The standard InChI is InChI=1S/C16H16FNO/c1-19-15-7-3-6-14(16(15)17)13-5-2-4-11-10-18-9-8-12(11)13/h2-7,18H,8-10H2,1H3. The summed E-state index contributed by atoms with van der Waals surface area (Å²) in [5.41, 5.74) is 4.10. The van der Waals surface area contributed by atoms with Gasteiger partial charge in [0.1, 0.15) is 0 Å². The maximum absolute atomic E-state index is 14.4. The van der Waals surface area contributed by atoms with Gasteiger partial charge in [-0.3, -0.25) is 0 Å². The van der Waals surface area contributed by atoms with Crippen molar-refractivity contribution in [3.05, 3.63) is 53.3 Å². The second-order valence-corrected chi connectivity index (χ2v) is 4.69. The molecule has 0 radical (unpaired) electrons. The molecule has 3 heteroatoms. The van der Waals surface area contributed by atoms with E-state index in [1.807, 2.05) is 24.3 Å². The Kier molecular flexibility index (Phi) is 3.22. The van der Waals surface area contributed by atoms with Crippen LogP contribution in [0.2, 0.25) is 0 Å². The Hall–Kier alpha value is -1.87. The highest BCUT2D eigenvalue weighted by atomic mass is 19.1. The Bertz CT molecular complexity index is 610. The molecule has 0 amide bonds. The summed E-state index contributed by atoms with van der Waals surface area (Å²) in [6.07, 6.45) is 0.933. The lowest BCUT2D eigenvalue weighted by Gasteiger charge is -2.21. The molecular weight excluding hydrogens is 241 g/mol. The lowest BCUT2D eigenvalue weighted by molar-refractivity contribution is 0.387. The molecule has 98 valence electrons. The summed E-state index contributed by atoms with van der Waals surface area (Å²) in [6.45, 7) is 1.80. The SMILES string of the molecule is COc1cccc(-c2cccc3c2CCNC3)c1F. The fraction of sp³-hybridized carbons (Fsp3) is 0.250. The molecule has 0 spiro atoms. The third kappa shape index (κ3) is 2.10. The molecule has 1 aliphatic rings. The number of benzene rings is 2. The maximum atomic E-state index is 14.4. The molecule has 0 aliphatic carbocycles. The van der Waals surface area contributed by atoms with E-state index in [1.165, 1.54) is 18.2 Å². The van der Waals surface area contributed by atoms with Crippen LogP contribution in [0.3, 0.4) is 0 Å². The fourth-order valence-electron chi connectivity index (χ4n) is 2.66. The van der Waals surface area contributed by atoms with Crippen LogP contribution in [0.4, 0.5) is 4.39 Å². The maximum Gasteiger partial charge on any atom is 0.172 e. The van der Waals surface area contributed by atoms with Crippen LogP contribution in [-0.2, 0) is 13.0 Å². The van der Waals surface area contributed by atoms with Crippen molar-refractivity contribution < 1.29 is 9.13 Å². The van der Waals surface area contributed by atoms with Gasteiger partial charge in [0.15, 0.2) is 11.6 Å². The second-order valence-electron chi connectivity index (χ2n) is 4.69. The summed E-state index contributed by atoms with van der Waals surface area (Å²) in [5, 5.41) is 3.34. The number of halogens is 1. The van der Waals surface area contributed by atoms with Crippen molar-refractivity contribution in [2.45, 2.75) is 13.0 Å². The predicted molar refractivity (Wildman–Crippen MR) is 73.8 cm³/mol. The lowest BCUT2D eigenvalue weighted by Crippen LogP contribution is -2.24. The van der Waals surface area contributed by atoms with Crippen LogP contribution in [-0.4, -0.2) is 13.7 Å². The second kappa shape index (κ2) is 5.02. The summed E-state index contributed by atoms with van der Waals surface area (Å²) in [4.78, 5) is 0. The summed E-state index contributed by atoms with van der Waals surface area (Å²) < 4.78 is 19.5. The molecule has 2 aromatic rings. The molecule has 0 saturated heterocycles. The molecule has 3 rings (SSSR count). The predicted octanol–water partition coefficient (Wildman–Crippen LogP) is 3.15. The van der Waals surface area contributed by atoms with Crippen molar-refractivity contribution in [2.24, 2.45) is 0 Å². The minimum absolute atomic E-state index is 0.281. The molecule has 1 aliphatic heterocycles. The molecule has 0 atom stereocenters. The zero-order chi connectivity index (χ0) is 13.2.